The Kier molecular flexibility index (Phi) is 67.9. The van der Waals surface area contributed by atoms with E-state index in [-0.39, 0.29) is 36.9 Å². The molecule has 0 amide bonds. The van der Waals surface area contributed by atoms with Gasteiger partial charge in [0.15, 0.2) is 0 Å². The molecule has 0 aromatic carbocycles. The molecule has 0 aliphatic carbocycles. The van der Waals surface area contributed by atoms with Crippen molar-refractivity contribution < 1.29 is 123 Å². The maximum Gasteiger partial charge on any atom is 0.394 e. The van der Waals surface area contributed by atoms with E-state index in [1.54, 1.807) is 0 Å². The van der Waals surface area contributed by atoms with Crippen LogP contribution in [0.1, 0.15) is 0 Å². The monoisotopic (exact) mass is 788 g/mol. The van der Waals surface area contributed by atoms with Gasteiger partial charge in [0.25, 0.3) is 0 Å². The molecule has 0 bridgehead atoms. The Morgan fingerprint density at radius 1 is 0.171 bits per heavy atom. The summed E-state index contributed by atoms with van der Waals surface area (Å²) in [5, 5.41) is 0. The lowest BCUT2D eigenvalue weighted by molar-refractivity contribution is 0.378. The summed E-state index contributed by atoms with van der Waals surface area (Å²) in [7, 11) is -32.7. The van der Waals surface area contributed by atoms with E-state index in [0.717, 1.165) is 0 Å². The van der Waals surface area contributed by atoms with E-state index in [2.05, 4.69) is 0 Å². The minimum atomic E-state index is -4.67. The molecule has 34 nitrogen and oxygen atoms in total. The summed E-state index contributed by atoms with van der Waals surface area (Å²) < 4.78 is 221. The van der Waals surface area contributed by atoms with Crippen molar-refractivity contribution in [2.75, 3.05) is 0 Å². The Bertz CT molecular complexity index is 927. The van der Waals surface area contributed by atoms with Crippen molar-refractivity contribution in [1.82, 2.24) is 36.9 Å². The molecule has 32 N–H and O–H groups in total. The van der Waals surface area contributed by atoms with E-state index in [0.29, 0.717) is 0 Å². The first-order chi connectivity index (χ1) is 14.0. The molecule has 0 rings (SSSR count). The van der Waals surface area contributed by atoms with Gasteiger partial charge >= 0.3 is 72.8 Å². The normalized spacial score (nSPS) is 9.90. The molecule has 0 heterocycles. The summed E-state index contributed by atoms with van der Waals surface area (Å²) in [5.41, 5.74) is 0. The fourth-order valence-corrected chi connectivity index (χ4v) is 0. The minimum Gasteiger partial charge on any atom is -0.344 e. The summed E-state index contributed by atoms with van der Waals surface area (Å²) in [5.74, 6) is 0. The minimum absolute atomic E-state index is 0. The van der Waals surface area contributed by atoms with Crippen molar-refractivity contribution >= 4 is 72.8 Å². The van der Waals surface area contributed by atoms with Crippen LogP contribution in [0.25, 0.3) is 0 Å². The average Bonchev–Trinajstić information content (AvgIpc) is 2.06. The molecule has 41 heteroatoms. The fourth-order valence-electron chi connectivity index (χ4n) is 0. The topological polar surface area (TPSA) is 732 Å². The third-order valence-corrected chi connectivity index (χ3v) is 0. The van der Waals surface area contributed by atoms with E-state index >= 15 is 0 Å². The molecule has 0 unspecified atom stereocenters. The zero-order valence-electron chi connectivity index (χ0n) is 19.1. The van der Waals surface area contributed by atoms with Crippen LogP contribution in [0.3, 0.4) is 0 Å². The van der Waals surface area contributed by atoms with Crippen LogP contribution in [0.15, 0.2) is 0 Å². The van der Waals surface area contributed by atoms with Crippen LogP contribution in [0, 0.1) is 0 Å². The van der Waals surface area contributed by atoms with Gasteiger partial charge in [-0.2, -0.15) is 58.9 Å². The van der Waals surface area contributed by atoms with E-state index in [1.165, 1.54) is 0 Å². The number of hydrogen-bond donors (Lipinski definition) is 20. The van der Waals surface area contributed by atoms with Gasteiger partial charge in [0.1, 0.15) is 0 Å². The van der Waals surface area contributed by atoms with Gasteiger partial charge in [0.05, 0.1) is 0 Å². The van der Waals surface area contributed by atoms with Crippen molar-refractivity contribution in [3.63, 3.8) is 0 Å². The molecule has 0 aliphatic heterocycles. The van der Waals surface area contributed by atoms with Crippen molar-refractivity contribution in [2.24, 2.45) is 0 Å². The van der Waals surface area contributed by atoms with Gasteiger partial charge in [0.2, 0.25) is 0 Å². The van der Waals surface area contributed by atoms with Crippen LogP contribution >= 0.6 is 0 Å². The lowest BCUT2D eigenvalue weighted by atomic mass is 14.0. The molecule has 0 atom stereocenters. The summed E-state index contributed by atoms with van der Waals surface area (Å²) in [6.45, 7) is 0. The summed E-state index contributed by atoms with van der Waals surface area (Å²) in [6.07, 6.45) is 0. The zero-order valence-corrected chi connectivity index (χ0v) is 24.8. The van der Waals surface area contributed by atoms with Gasteiger partial charge in [-0.25, -0.2) is 0 Å². The molecule has 0 aromatic rings. The predicted octanol–water partition coefficient (Wildman–Crippen LogP) is -3.60. The van der Waals surface area contributed by atoms with E-state index < -0.39 is 72.8 Å². The molecule has 0 aliphatic rings. The Hall–Kier alpha value is -1.15. The molecule has 0 fully saturated rings. The Morgan fingerprint density at radius 3 is 0.171 bits per heavy atom. The molecular formula is H32N6O28S7. The summed E-state index contributed by atoms with van der Waals surface area (Å²) >= 11 is 0. The van der Waals surface area contributed by atoms with Crippen molar-refractivity contribution in [3.05, 3.63) is 0 Å². The smallest absolute Gasteiger partial charge is 0.344 e. The van der Waals surface area contributed by atoms with E-state index in [1.807, 2.05) is 0 Å². The van der Waals surface area contributed by atoms with Gasteiger partial charge in [-0.1, -0.05) is 0 Å². The largest absolute Gasteiger partial charge is 0.394 e. The standard InChI is InChI=1S/6H3N.7H2O4S/c;;;;;;7*1-5(2,3)4/h6*1H3;7*(H2,1,2,3,4). The lowest BCUT2D eigenvalue weighted by Gasteiger charge is -1.68. The third kappa shape index (κ3) is 39900. The average molecular weight is 789 g/mol. The second-order valence-corrected chi connectivity index (χ2v) is 9.40. The maximum absolute atomic E-state index is 8.74. The second kappa shape index (κ2) is 33.4. The summed E-state index contributed by atoms with van der Waals surface area (Å²) in [6, 6.07) is 0. The van der Waals surface area contributed by atoms with E-state index in [4.69, 9.17) is 123 Å². The highest BCUT2D eigenvalue weighted by Crippen LogP contribution is 1.61. The molecule has 0 aromatic heterocycles. The molecule has 41 heavy (non-hydrogen) atoms. The highest BCUT2D eigenvalue weighted by Gasteiger charge is 1.87. The molecule has 0 saturated carbocycles. The number of hydrogen-bond acceptors (Lipinski definition) is 20. The molecule has 0 radical (unpaired) electrons. The zero-order chi connectivity index (χ0) is 31.5. The van der Waals surface area contributed by atoms with Crippen LogP contribution in [-0.2, 0) is 72.8 Å². The van der Waals surface area contributed by atoms with Gasteiger partial charge in [-0.05, 0) is 0 Å². The summed E-state index contributed by atoms with van der Waals surface area (Å²) in [4.78, 5) is 0. The highest BCUT2D eigenvalue weighted by molar-refractivity contribution is 7.81. The van der Waals surface area contributed by atoms with Gasteiger partial charge < -0.3 is 36.9 Å². The fraction of sp³-hybridized carbons (Fsp3) is 0. The predicted molar refractivity (Wildman–Crippen MR) is 129 cm³/mol. The van der Waals surface area contributed by atoms with E-state index in [9.17, 15) is 0 Å². The van der Waals surface area contributed by atoms with Crippen molar-refractivity contribution in [1.29, 1.82) is 0 Å². The Morgan fingerprint density at radius 2 is 0.171 bits per heavy atom. The van der Waals surface area contributed by atoms with Crippen molar-refractivity contribution in [2.45, 2.75) is 0 Å². The molecular weight excluding hydrogens is 756 g/mol. The van der Waals surface area contributed by atoms with Gasteiger partial charge in [-0.3, -0.25) is 63.7 Å². The van der Waals surface area contributed by atoms with Crippen LogP contribution in [0.2, 0.25) is 0 Å². The van der Waals surface area contributed by atoms with Crippen LogP contribution in [0.4, 0.5) is 0 Å². The Labute approximate surface area is 232 Å². The second-order valence-electron chi connectivity index (χ2n) is 3.13. The SMILES string of the molecule is N.N.N.N.N.N.O=S(=O)(O)O.O=S(=O)(O)O.O=S(=O)(O)O.O=S(=O)(O)O.O=S(=O)(O)O.O=S(=O)(O)O.O=S(=O)(O)O. The van der Waals surface area contributed by atoms with Crippen LogP contribution in [-0.4, -0.2) is 123 Å². The van der Waals surface area contributed by atoms with Crippen molar-refractivity contribution in [3.8, 4) is 0 Å². The molecule has 0 saturated heterocycles. The first-order valence-corrected chi connectivity index (χ1v) is 14.7. The molecule has 272 valence electrons. The first-order valence-electron chi connectivity index (χ1n) is 4.89. The number of rotatable bonds is 0. The molecule has 0 spiro atoms. The quantitative estimate of drug-likeness (QED) is 0.105. The first kappa shape index (κ1) is 83.4. The van der Waals surface area contributed by atoms with Gasteiger partial charge in [0, 0.05) is 0 Å². The third-order valence-electron chi connectivity index (χ3n) is 0. The Balaban J connectivity index is -0.0000000198. The van der Waals surface area contributed by atoms with Crippen LogP contribution < -0.4 is 36.9 Å². The highest BCUT2D eigenvalue weighted by atomic mass is 32.3. The lowest BCUT2D eigenvalue weighted by Crippen LogP contribution is -1.89. The van der Waals surface area contributed by atoms with Crippen LogP contribution in [0.5, 0.6) is 0 Å². The maximum atomic E-state index is 8.74. The van der Waals surface area contributed by atoms with Gasteiger partial charge in [-0.15, -0.1) is 0 Å².